The summed E-state index contributed by atoms with van der Waals surface area (Å²) in [5, 5.41) is 19.6. The van der Waals surface area contributed by atoms with E-state index in [1.54, 1.807) is 17.6 Å². The molecule has 2 aromatic carbocycles. The Hall–Kier alpha value is -2.40. The Kier molecular flexibility index (Phi) is 5.24. The maximum absolute atomic E-state index is 10.8. The fraction of sp³-hybridized carbons (Fsp3) is 0.391. The van der Waals surface area contributed by atoms with Gasteiger partial charge in [-0.3, -0.25) is 0 Å². The molecule has 0 aliphatic rings. The number of phenolic OH excluding ortho intramolecular Hbond substituents is 1. The molecule has 0 saturated heterocycles. The van der Waals surface area contributed by atoms with Crippen molar-refractivity contribution >= 4 is 27.8 Å². The van der Waals surface area contributed by atoms with Crippen molar-refractivity contribution in [3.63, 3.8) is 0 Å². The first-order valence-corrected chi connectivity index (χ1v) is 10.3. The molecule has 0 bridgehead atoms. The lowest BCUT2D eigenvalue weighted by atomic mass is 9.78. The Morgan fingerprint density at radius 2 is 1.54 bits per heavy atom. The molecule has 0 fully saturated rings. The van der Waals surface area contributed by atoms with Crippen LogP contribution < -0.4 is 4.80 Å². The second kappa shape index (κ2) is 7.21. The van der Waals surface area contributed by atoms with Crippen molar-refractivity contribution in [2.75, 3.05) is 0 Å². The van der Waals surface area contributed by atoms with Crippen LogP contribution in [0.2, 0.25) is 0 Å². The Morgan fingerprint density at radius 3 is 2.07 bits per heavy atom. The first-order chi connectivity index (χ1) is 13.0. The lowest BCUT2D eigenvalue weighted by Crippen LogP contribution is -2.17. The first-order valence-electron chi connectivity index (χ1n) is 9.48. The van der Waals surface area contributed by atoms with Crippen molar-refractivity contribution in [2.45, 2.75) is 52.4 Å². The highest BCUT2D eigenvalue weighted by molar-refractivity contribution is 7.16. The van der Waals surface area contributed by atoms with E-state index in [9.17, 15) is 5.11 Å². The van der Waals surface area contributed by atoms with Crippen LogP contribution in [0.3, 0.4) is 0 Å². The summed E-state index contributed by atoms with van der Waals surface area (Å²) in [5.74, 6) is 0.380. The summed E-state index contributed by atoms with van der Waals surface area (Å²) in [6, 6.07) is 12.3. The number of benzene rings is 2. The van der Waals surface area contributed by atoms with E-state index in [4.69, 9.17) is 0 Å². The van der Waals surface area contributed by atoms with Crippen LogP contribution in [-0.2, 0) is 17.9 Å². The molecule has 4 nitrogen and oxygen atoms in total. The lowest BCUT2D eigenvalue weighted by Gasteiger charge is -2.27. The minimum atomic E-state index is -0.164. The zero-order valence-electron chi connectivity index (χ0n) is 17.7. The van der Waals surface area contributed by atoms with Gasteiger partial charge in [0.1, 0.15) is 5.75 Å². The number of phenols is 1. The van der Waals surface area contributed by atoms with E-state index in [0.717, 1.165) is 27.0 Å². The van der Waals surface area contributed by atoms with E-state index < -0.39 is 0 Å². The number of fused-ring (bicyclic) bond motifs is 1. The lowest BCUT2D eigenvalue weighted by molar-refractivity contribution is 0.423. The van der Waals surface area contributed by atoms with Gasteiger partial charge >= 0.3 is 0 Å². The molecular formula is C23H29N3OS. The van der Waals surface area contributed by atoms with Gasteiger partial charge in [-0.25, -0.2) is 0 Å². The summed E-state index contributed by atoms with van der Waals surface area (Å²) in [4.78, 5) is 0.850. The van der Waals surface area contributed by atoms with Gasteiger partial charge in [0.25, 0.3) is 0 Å². The predicted octanol–water partition coefficient (Wildman–Crippen LogP) is 5.48. The van der Waals surface area contributed by atoms with Gasteiger partial charge in [0, 0.05) is 18.2 Å². The van der Waals surface area contributed by atoms with Crippen molar-refractivity contribution in [3.05, 3.63) is 57.9 Å². The Bertz CT molecular complexity index is 1070. The van der Waals surface area contributed by atoms with Gasteiger partial charge in [-0.05, 0) is 40.7 Å². The van der Waals surface area contributed by atoms with Gasteiger partial charge in [0.05, 0.1) is 16.4 Å². The van der Waals surface area contributed by atoms with E-state index >= 15 is 0 Å². The number of thiazole rings is 1. The number of aromatic hydroxyl groups is 1. The van der Waals surface area contributed by atoms with Crippen LogP contribution in [0.25, 0.3) is 10.2 Å². The molecule has 3 aromatic rings. The summed E-state index contributed by atoms with van der Waals surface area (Å²) in [7, 11) is 2.00. The summed E-state index contributed by atoms with van der Waals surface area (Å²) < 4.78 is 3.24. The molecule has 5 heteroatoms. The molecule has 1 heterocycles. The number of rotatable bonds is 2. The molecule has 3 rings (SSSR count). The monoisotopic (exact) mass is 395 g/mol. The Morgan fingerprint density at radius 1 is 0.964 bits per heavy atom. The summed E-state index contributed by atoms with van der Waals surface area (Å²) in [6.45, 7) is 12.6. The minimum Gasteiger partial charge on any atom is -0.507 e. The maximum atomic E-state index is 10.8. The molecule has 1 N–H and O–H groups in total. The molecule has 0 unspecified atom stereocenters. The fourth-order valence-corrected chi connectivity index (χ4v) is 4.17. The van der Waals surface area contributed by atoms with Gasteiger partial charge in [0.2, 0.25) is 4.80 Å². The van der Waals surface area contributed by atoms with Crippen LogP contribution in [0, 0.1) is 0 Å². The largest absolute Gasteiger partial charge is 0.507 e. The molecule has 0 saturated carbocycles. The zero-order chi connectivity index (χ0) is 20.7. The van der Waals surface area contributed by atoms with E-state index in [-0.39, 0.29) is 10.8 Å². The number of para-hydroxylation sites is 1. The summed E-state index contributed by atoms with van der Waals surface area (Å²) in [6.07, 6.45) is 1.77. The highest BCUT2D eigenvalue weighted by atomic mass is 32.1. The highest BCUT2D eigenvalue weighted by Gasteiger charge is 2.26. The standard InChI is InChI=1S/C23H29N3OS/c1-22(2,3)16-12-15(13-17(20(16)27)23(4,5)6)14-24-25-21-26(7)18-10-8-9-11-19(18)28-21/h8-14,27H,1-7H3/b24-14+,25-21+. The predicted molar refractivity (Wildman–Crippen MR) is 119 cm³/mol. The Balaban J connectivity index is 2.07. The van der Waals surface area contributed by atoms with Crippen molar-refractivity contribution in [2.24, 2.45) is 17.3 Å². The van der Waals surface area contributed by atoms with Crippen LogP contribution in [0.4, 0.5) is 0 Å². The summed E-state index contributed by atoms with van der Waals surface area (Å²) >= 11 is 1.62. The number of aromatic nitrogens is 1. The number of hydrogen-bond donors (Lipinski definition) is 1. The van der Waals surface area contributed by atoms with Crippen molar-refractivity contribution in [1.29, 1.82) is 0 Å². The van der Waals surface area contributed by atoms with E-state index in [1.165, 1.54) is 4.70 Å². The molecule has 0 radical (unpaired) electrons. The quantitative estimate of drug-likeness (QED) is 0.454. The van der Waals surface area contributed by atoms with Crippen molar-refractivity contribution < 1.29 is 5.11 Å². The molecule has 0 spiro atoms. The van der Waals surface area contributed by atoms with E-state index in [1.807, 2.05) is 31.3 Å². The third-order valence-electron chi connectivity index (χ3n) is 4.81. The second-order valence-corrected chi connectivity index (χ2v) is 10.2. The van der Waals surface area contributed by atoms with Gasteiger partial charge in [0.15, 0.2) is 0 Å². The second-order valence-electron chi connectivity index (χ2n) is 9.22. The number of hydrogen-bond acceptors (Lipinski definition) is 4. The van der Waals surface area contributed by atoms with E-state index in [0.29, 0.717) is 5.75 Å². The van der Waals surface area contributed by atoms with Gasteiger partial charge < -0.3 is 9.67 Å². The van der Waals surface area contributed by atoms with Crippen LogP contribution >= 0.6 is 11.3 Å². The summed E-state index contributed by atoms with van der Waals surface area (Å²) in [5.41, 5.74) is 3.62. The number of nitrogens with zero attached hydrogens (tertiary/aromatic N) is 3. The average Bonchev–Trinajstić information content (AvgIpc) is 2.90. The van der Waals surface area contributed by atoms with Crippen LogP contribution in [0.15, 0.2) is 46.6 Å². The Labute approximate surface area is 170 Å². The van der Waals surface area contributed by atoms with Gasteiger partial charge in [-0.1, -0.05) is 65.0 Å². The van der Waals surface area contributed by atoms with Crippen molar-refractivity contribution in [3.8, 4) is 5.75 Å². The molecule has 28 heavy (non-hydrogen) atoms. The van der Waals surface area contributed by atoms with Crippen LogP contribution in [-0.4, -0.2) is 15.9 Å². The smallest absolute Gasteiger partial charge is 0.211 e. The normalized spacial score (nSPS) is 13.8. The van der Waals surface area contributed by atoms with Crippen LogP contribution in [0.5, 0.6) is 5.75 Å². The maximum Gasteiger partial charge on any atom is 0.211 e. The highest BCUT2D eigenvalue weighted by Crippen LogP contribution is 2.39. The van der Waals surface area contributed by atoms with Gasteiger partial charge in [-0.15, -0.1) is 5.10 Å². The van der Waals surface area contributed by atoms with Gasteiger partial charge in [-0.2, -0.15) is 5.10 Å². The molecule has 0 aliphatic carbocycles. The minimum absolute atomic E-state index is 0.164. The third-order valence-corrected chi connectivity index (χ3v) is 5.92. The molecule has 1 aromatic heterocycles. The molecule has 0 atom stereocenters. The molecule has 0 aliphatic heterocycles. The zero-order valence-corrected chi connectivity index (χ0v) is 18.6. The van der Waals surface area contributed by atoms with E-state index in [2.05, 4.69) is 68.4 Å². The third kappa shape index (κ3) is 4.04. The molecule has 148 valence electrons. The fourth-order valence-electron chi connectivity index (χ4n) is 3.20. The average molecular weight is 396 g/mol. The number of aryl methyl sites for hydroxylation is 1. The topological polar surface area (TPSA) is 49.9 Å². The van der Waals surface area contributed by atoms with Crippen molar-refractivity contribution in [1.82, 2.24) is 4.57 Å². The SMILES string of the molecule is Cn1/c(=N\N=C\c2cc(C(C)(C)C)c(O)c(C(C)(C)C)c2)sc2ccccc21. The molecule has 0 amide bonds. The van der Waals surface area contributed by atoms with Crippen LogP contribution in [0.1, 0.15) is 58.2 Å². The first kappa shape index (κ1) is 20.3. The molecular weight excluding hydrogens is 366 g/mol.